The second kappa shape index (κ2) is 8.55. The van der Waals surface area contributed by atoms with E-state index in [1.165, 1.54) is 6.42 Å². The number of rotatable bonds is 6. The number of benzene rings is 1. The van der Waals surface area contributed by atoms with Crippen molar-refractivity contribution in [1.29, 1.82) is 0 Å². The molecule has 6 heteroatoms. The fraction of sp³-hybridized carbons (Fsp3) is 0.333. The van der Waals surface area contributed by atoms with Gasteiger partial charge in [-0.05, 0) is 43.0 Å². The van der Waals surface area contributed by atoms with E-state index < -0.39 is 5.91 Å². The quantitative estimate of drug-likeness (QED) is 0.320. The maximum absolute atomic E-state index is 11.7. The number of nitrogens with zero attached hydrogens (tertiary/aromatic N) is 1. The number of hydrogen-bond acceptors (Lipinski definition) is 3. The number of hydrogen-bond donors (Lipinski definition) is 3. The predicted octanol–water partition coefficient (Wildman–Crippen LogP) is 3.03. The lowest BCUT2D eigenvalue weighted by atomic mass is 9.84. The highest BCUT2D eigenvalue weighted by molar-refractivity contribution is 6.30. The molecule has 1 saturated carbocycles. The van der Waals surface area contributed by atoms with Gasteiger partial charge in [0.15, 0.2) is 0 Å². The molecule has 0 aromatic heterocycles. The molecule has 2 atom stereocenters. The van der Waals surface area contributed by atoms with Gasteiger partial charge in [0, 0.05) is 17.3 Å². The highest BCUT2D eigenvalue weighted by Gasteiger charge is 2.22. The number of carbonyl (C=O) groups excluding carboxylic acids is 1. The molecule has 24 heavy (non-hydrogen) atoms. The number of nitrogens with one attached hydrogen (secondary N) is 1. The first-order valence-corrected chi connectivity index (χ1v) is 8.37. The van der Waals surface area contributed by atoms with Crippen molar-refractivity contribution in [2.75, 3.05) is 0 Å². The number of aliphatic imine (C=N–C) groups is 1. The van der Waals surface area contributed by atoms with Gasteiger partial charge in [-0.2, -0.15) is 0 Å². The van der Waals surface area contributed by atoms with Crippen LogP contribution < -0.4 is 16.8 Å². The Bertz CT molecular complexity index is 651. The summed E-state index contributed by atoms with van der Waals surface area (Å²) in [6.07, 6.45) is 7.99. The average Bonchev–Trinajstić information content (AvgIpc) is 2.57. The summed E-state index contributed by atoms with van der Waals surface area (Å²) in [5.41, 5.74) is 12.2. The van der Waals surface area contributed by atoms with Gasteiger partial charge in [-0.25, -0.2) is 4.99 Å². The van der Waals surface area contributed by atoms with Crippen molar-refractivity contribution in [1.82, 2.24) is 5.32 Å². The number of primary amides is 1. The van der Waals surface area contributed by atoms with Crippen LogP contribution in [0, 0.1) is 5.92 Å². The van der Waals surface area contributed by atoms with E-state index in [2.05, 4.69) is 16.9 Å². The van der Waals surface area contributed by atoms with E-state index in [0.717, 1.165) is 19.3 Å². The second-order valence-electron chi connectivity index (χ2n) is 5.85. The number of halogens is 1. The van der Waals surface area contributed by atoms with Gasteiger partial charge in [0.1, 0.15) is 5.84 Å². The number of amidine groups is 1. The van der Waals surface area contributed by atoms with Gasteiger partial charge in [-0.3, -0.25) is 4.79 Å². The molecule has 5 nitrogen and oxygen atoms in total. The lowest BCUT2D eigenvalue weighted by molar-refractivity contribution is -0.114. The molecule has 1 aliphatic carbocycles. The molecule has 5 N–H and O–H groups in total. The summed E-state index contributed by atoms with van der Waals surface area (Å²) in [4.78, 5) is 16.0. The molecular formula is C18H23ClN4O. The van der Waals surface area contributed by atoms with Crippen molar-refractivity contribution in [3.63, 3.8) is 0 Å². The summed E-state index contributed by atoms with van der Waals surface area (Å²) in [6, 6.07) is 7.08. The second-order valence-corrected chi connectivity index (χ2v) is 6.29. The number of nitrogens with two attached hydrogens (primary N) is 2. The van der Waals surface area contributed by atoms with E-state index in [-0.39, 0.29) is 17.5 Å². The fourth-order valence-electron chi connectivity index (χ4n) is 2.83. The van der Waals surface area contributed by atoms with Crippen LogP contribution in [-0.2, 0) is 4.79 Å². The average molecular weight is 347 g/mol. The lowest BCUT2D eigenvalue weighted by Gasteiger charge is -2.29. The third kappa shape index (κ3) is 4.86. The molecule has 1 amide bonds. The number of carbonyl (C=O) groups is 1. The minimum absolute atomic E-state index is 0.0725. The van der Waals surface area contributed by atoms with E-state index in [0.29, 0.717) is 16.6 Å². The predicted molar refractivity (Wildman–Crippen MR) is 99.1 cm³/mol. The van der Waals surface area contributed by atoms with E-state index >= 15 is 0 Å². The Morgan fingerprint density at radius 3 is 2.54 bits per heavy atom. The molecule has 0 unspecified atom stereocenters. The van der Waals surface area contributed by atoms with Gasteiger partial charge in [0.2, 0.25) is 0 Å². The highest BCUT2D eigenvalue weighted by Crippen LogP contribution is 2.25. The maximum atomic E-state index is 11.7. The maximum Gasteiger partial charge on any atom is 0.253 e. The molecule has 1 aromatic carbocycles. The van der Waals surface area contributed by atoms with Crippen LogP contribution in [0.3, 0.4) is 0 Å². The first-order valence-electron chi connectivity index (χ1n) is 8.00. The summed E-state index contributed by atoms with van der Waals surface area (Å²) in [6.45, 7) is 3.88. The van der Waals surface area contributed by atoms with Crippen molar-refractivity contribution >= 4 is 29.0 Å². The van der Waals surface area contributed by atoms with Crippen LogP contribution >= 0.6 is 11.6 Å². The zero-order valence-corrected chi connectivity index (χ0v) is 14.3. The third-order valence-corrected chi connectivity index (χ3v) is 4.43. The molecule has 1 aromatic rings. The van der Waals surface area contributed by atoms with Gasteiger partial charge >= 0.3 is 0 Å². The van der Waals surface area contributed by atoms with Crippen molar-refractivity contribution in [2.24, 2.45) is 22.4 Å². The zero-order valence-electron chi connectivity index (χ0n) is 13.5. The molecule has 0 aliphatic heterocycles. The summed E-state index contributed by atoms with van der Waals surface area (Å²) < 4.78 is 0. The van der Waals surface area contributed by atoms with Gasteiger partial charge in [0.05, 0.1) is 11.3 Å². The Balaban J connectivity index is 2.16. The van der Waals surface area contributed by atoms with E-state index in [1.54, 1.807) is 30.5 Å². The Morgan fingerprint density at radius 1 is 1.25 bits per heavy atom. The fourth-order valence-corrected chi connectivity index (χ4v) is 2.95. The first kappa shape index (κ1) is 18.1. The number of amides is 1. The van der Waals surface area contributed by atoms with Crippen LogP contribution in [0.2, 0.25) is 5.02 Å². The summed E-state index contributed by atoms with van der Waals surface area (Å²) in [5, 5.41) is 3.87. The molecular weight excluding hydrogens is 324 g/mol. The minimum Gasteiger partial charge on any atom is -0.387 e. The van der Waals surface area contributed by atoms with Gasteiger partial charge in [-0.15, -0.1) is 6.58 Å². The minimum atomic E-state index is -0.622. The molecule has 0 spiro atoms. The van der Waals surface area contributed by atoms with Crippen LogP contribution in [-0.4, -0.2) is 17.8 Å². The molecule has 1 fully saturated rings. The molecule has 128 valence electrons. The topological polar surface area (TPSA) is 93.5 Å². The molecule has 0 saturated heterocycles. The van der Waals surface area contributed by atoms with Gasteiger partial charge in [0.25, 0.3) is 5.91 Å². The Labute approximate surface area is 147 Å². The third-order valence-electron chi connectivity index (χ3n) is 4.18. The van der Waals surface area contributed by atoms with E-state index in [9.17, 15) is 4.79 Å². The summed E-state index contributed by atoms with van der Waals surface area (Å²) >= 11 is 5.84. The van der Waals surface area contributed by atoms with Crippen molar-refractivity contribution < 1.29 is 4.79 Å². The smallest absolute Gasteiger partial charge is 0.253 e. The SMILES string of the molecule is C=C[C@H]1CCCC[C@@H]1N/C=C(/C(N)=O)C(N)=Nc1ccc(Cl)cc1. The Hall–Kier alpha value is -2.27. The van der Waals surface area contributed by atoms with Gasteiger partial charge < -0.3 is 16.8 Å². The van der Waals surface area contributed by atoms with Crippen molar-refractivity contribution in [2.45, 2.75) is 31.7 Å². The van der Waals surface area contributed by atoms with Crippen molar-refractivity contribution in [3.8, 4) is 0 Å². The van der Waals surface area contributed by atoms with Gasteiger partial charge in [-0.1, -0.05) is 30.5 Å². The monoisotopic (exact) mass is 346 g/mol. The summed E-state index contributed by atoms with van der Waals surface area (Å²) in [7, 11) is 0. The van der Waals surface area contributed by atoms with Crippen molar-refractivity contribution in [3.05, 3.63) is 53.7 Å². The molecule has 0 bridgehead atoms. The molecule has 0 radical (unpaired) electrons. The highest BCUT2D eigenvalue weighted by atomic mass is 35.5. The molecule has 0 heterocycles. The van der Waals surface area contributed by atoms with Crippen LogP contribution in [0.25, 0.3) is 0 Å². The molecule has 2 rings (SSSR count). The van der Waals surface area contributed by atoms with Crippen LogP contribution in [0.1, 0.15) is 25.7 Å². The standard InChI is InChI=1S/C18H23ClN4O/c1-2-12-5-3-4-6-16(12)22-11-15(18(21)24)17(20)23-14-9-7-13(19)8-10-14/h2,7-12,16,22H,1,3-6H2,(H2,20,23)(H2,21,24)/b15-11+/t12-,16-/m0/s1. The van der Waals surface area contributed by atoms with Crippen LogP contribution in [0.5, 0.6) is 0 Å². The Kier molecular flexibility index (Phi) is 6.44. The normalized spacial score (nSPS) is 22.0. The van der Waals surface area contributed by atoms with Crippen LogP contribution in [0.4, 0.5) is 5.69 Å². The molecule has 1 aliphatic rings. The van der Waals surface area contributed by atoms with E-state index in [1.807, 2.05) is 6.08 Å². The largest absolute Gasteiger partial charge is 0.387 e. The Morgan fingerprint density at radius 2 is 1.92 bits per heavy atom. The zero-order chi connectivity index (χ0) is 17.5. The van der Waals surface area contributed by atoms with Crippen LogP contribution in [0.15, 0.2) is 53.7 Å². The van der Waals surface area contributed by atoms with E-state index in [4.69, 9.17) is 23.1 Å². The summed E-state index contributed by atoms with van der Waals surface area (Å²) in [5.74, 6) is -0.175. The first-order chi connectivity index (χ1) is 11.5. The lowest BCUT2D eigenvalue weighted by Crippen LogP contribution is -2.36.